The summed E-state index contributed by atoms with van der Waals surface area (Å²) in [5, 5.41) is 3.60. The van der Waals surface area contributed by atoms with Crippen molar-refractivity contribution in [2.75, 3.05) is 19.6 Å². The van der Waals surface area contributed by atoms with Crippen LogP contribution < -0.4 is 11.1 Å². The zero-order valence-corrected chi connectivity index (χ0v) is 10.7. The molecule has 2 fully saturated rings. The highest BCUT2D eigenvalue weighted by Gasteiger charge is 2.26. The van der Waals surface area contributed by atoms with Crippen LogP contribution in [-0.4, -0.2) is 42.5 Å². The zero-order valence-electron chi connectivity index (χ0n) is 10.7. The van der Waals surface area contributed by atoms with Crippen LogP contribution in [-0.2, 0) is 4.79 Å². The molecule has 1 aliphatic carbocycles. The molecule has 4 nitrogen and oxygen atoms in total. The predicted octanol–water partition coefficient (Wildman–Crippen LogP) is 0.858. The molecule has 2 aliphatic rings. The van der Waals surface area contributed by atoms with Crippen molar-refractivity contribution < 1.29 is 4.79 Å². The van der Waals surface area contributed by atoms with Gasteiger partial charge in [0.05, 0.1) is 0 Å². The first kappa shape index (κ1) is 12.8. The quantitative estimate of drug-likeness (QED) is 0.700. The van der Waals surface area contributed by atoms with Gasteiger partial charge >= 0.3 is 0 Å². The van der Waals surface area contributed by atoms with Gasteiger partial charge in [0, 0.05) is 31.6 Å². The average Bonchev–Trinajstić information content (AvgIpc) is 2.65. The van der Waals surface area contributed by atoms with Gasteiger partial charge in [-0.1, -0.05) is 19.3 Å². The molecule has 1 saturated heterocycles. The Kier molecular flexibility index (Phi) is 4.80. The normalized spacial score (nSPS) is 26.8. The number of nitrogens with zero attached hydrogens (tertiary/aromatic N) is 1. The summed E-state index contributed by atoms with van der Waals surface area (Å²) in [6, 6.07) is 0.786. The first-order valence-electron chi connectivity index (χ1n) is 7.02. The minimum absolute atomic E-state index is 0.0637. The van der Waals surface area contributed by atoms with Crippen LogP contribution in [0.3, 0.4) is 0 Å². The Hall–Kier alpha value is -0.610. The topological polar surface area (TPSA) is 58.4 Å². The van der Waals surface area contributed by atoms with Crippen molar-refractivity contribution in [3.05, 3.63) is 0 Å². The highest BCUT2D eigenvalue weighted by molar-refractivity contribution is 5.79. The second-order valence-corrected chi connectivity index (χ2v) is 5.45. The van der Waals surface area contributed by atoms with Crippen molar-refractivity contribution in [1.82, 2.24) is 10.2 Å². The van der Waals surface area contributed by atoms with Gasteiger partial charge in [-0.2, -0.15) is 0 Å². The molecule has 0 spiro atoms. The lowest BCUT2D eigenvalue weighted by molar-refractivity contribution is -0.127. The van der Waals surface area contributed by atoms with Crippen molar-refractivity contribution in [3.63, 3.8) is 0 Å². The molecule has 98 valence electrons. The number of rotatable bonds is 5. The molecular weight excluding hydrogens is 214 g/mol. The smallest absolute Gasteiger partial charge is 0.224 e. The van der Waals surface area contributed by atoms with E-state index in [9.17, 15) is 4.79 Å². The van der Waals surface area contributed by atoms with Gasteiger partial charge in [-0.3, -0.25) is 4.79 Å². The Morgan fingerprint density at radius 2 is 2.06 bits per heavy atom. The number of carbonyl (C=O) groups is 1. The summed E-state index contributed by atoms with van der Waals surface area (Å²) >= 11 is 0. The molecule has 1 saturated carbocycles. The molecule has 1 aliphatic heterocycles. The summed E-state index contributed by atoms with van der Waals surface area (Å²) < 4.78 is 0. The van der Waals surface area contributed by atoms with Crippen molar-refractivity contribution in [2.45, 2.75) is 57.0 Å². The number of nitrogens with two attached hydrogens (primary N) is 1. The lowest BCUT2D eigenvalue weighted by Crippen LogP contribution is -2.35. The van der Waals surface area contributed by atoms with Crippen LogP contribution >= 0.6 is 0 Å². The average molecular weight is 239 g/mol. The maximum atomic E-state index is 11.5. The van der Waals surface area contributed by atoms with Crippen molar-refractivity contribution >= 4 is 5.91 Å². The molecule has 3 N–H and O–H groups in total. The van der Waals surface area contributed by atoms with Crippen molar-refractivity contribution in [1.29, 1.82) is 0 Å². The van der Waals surface area contributed by atoms with Gasteiger partial charge in [-0.15, -0.1) is 0 Å². The largest absolute Gasteiger partial charge is 0.341 e. The molecule has 0 bridgehead atoms. The van der Waals surface area contributed by atoms with E-state index in [1.165, 1.54) is 32.1 Å². The van der Waals surface area contributed by atoms with E-state index in [-0.39, 0.29) is 11.9 Å². The number of hydrogen-bond acceptors (Lipinski definition) is 3. The minimum atomic E-state index is 0.0637. The van der Waals surface area contributed by atoms with Gasteiger partial charge in [0.15, 0.2) is 0 Å². The molecule has 2 rings (SSSR count). The molecular formula is C13H25N3O. The summed E-state index contributed by atoms with van der Waals surface area (Å²) in [6.45, 7) is 2.65. The Morgan fingerprint density at radius 3 is 2.71 bits per heavy atom. The van der Waals surface area contributed by atoms with E-state index >= 15 is 0 Å². The summed E-state index contributed by atoms with van der Waals surface area (Å²) in [4.78, 5) is 13.4. The van der Waals surface area contributed by atoms with E-state index in [0.717, 1.165) is 32.1 Å². The second-order valence-electron chi connectivity index (χ2n) is 5.45. The van der Waals surface area contributed by atoms with E-state index in [1.807, 2.05) is 4.90 Å². The van der Waals surface area contributed by atoms with Gasteiger partial charge in [0.1, 0.15) is 0 Å². The van der Waals surface area contributed by atoms with Gasteiger partial charge in [-0.25, -0.2) is 0 Å². The highest BCUT2D eigenvalue weighted by Crippen LogP contribution is 2.17. The first-order valence-corrected chi connectivity index (χ1v) is 7.02. The number of carbonyl (C=O) groups excluding carboxylic acids is 1. The number of hydrogen-bond donors (Lipinski definition) is 2. The third kappa shape index (κ3) is 3.96. The molecule has 0 aromatic heterocycles. The number of amides is 1. The number of likely N-dealkylation sites (tertiary alicyclic amines) is 1. The first-order chi connectivity index (χ1) is 8.25. The molecule has 4 heteroatoms. The summed E-state index contributed by atoms with van der Waals surface area (Å²) in [5.41, 5.74) is 5.76. The van der Waals surface area contributed by atoms with Crippen molar-refractivity contribution in [2.24, 2.45) is 5.73 Å². The third-order valence-corrected chi connectivity index (χ3v) is 3.89. The molecule has 1 unspecified atom stereocenters. The predicted molar refractivity (Wildman–Crippen MR) is 68.7 cm³/mol. The van der Waals surface area contributed by atoms with Crippen LogP contribution in [0, 0.1) is 0 Å². The summed E-state index contributed by atoms with van der Waals surface area (Å²) in [5.74, 6) is 0.232. The molecule has 0 aromatic carbocycles. The van der Waals surface area contributed by atoms with Crippen LogP contribution in [0.25, 0.3) is 0 Å². The Bertz CT molecular complexity index is 251. The number of nitrogens with one attached hydrogen (secondary N) is 1. The Labute approximate surface area is 104 Å². The molecule has 0 radical (unpaired) electrons. The molecule has 1 atom stereocenters. The van der Waals surface area contributed by atoms with E-state index in [4.69, 9.17) is 5.73 Å². The molecule has 17 heavy (non-hydrogen) atoms. The van der Waals surface area contributed by atoms with Crippen LogP contribution in [0.1, 0.15) is 44.9 Å². The standard InChI is InChI=1S/C13H25N3O/c14-11-9-13(17)16(10-11)8-4-7-15-12-5-2-1-3-6-12/h11-12,15H,1-10,14H2. The van der Waals surface area contributed by atoms with Crippen LogP contribution in [0.4, 0.5) is 0 Å². The van der Waals surface area contributed by atoms with Gasteiger partial charge in [0.2, 0.25) is 5.91 Å². The van der Waals surface area contributed by atoms with Gasteiger partial charge < -0.3 is 16.0 Å². The van der Waals surface area contributed by atoms with E-state index < -0.39 is 0 Å². The lowest BCUT2D eigenvalue weighted by Gasteiger charge is -2.23. The molecule has 1 heterocycles. The van der Waals surface area contributed by atoms with E-state index in [1.54, 1.807) is 0 Å². The van der Waals surface area contributed by atoms with Crippen LogP contribution in [0.15, 0.2) is 0 Å². The SMILES string of the molecule is NC1CC(=O)N(CCCNC2CCCCC2)C1. The maximum absolute atomic E-state index is 11.5. The van der Waals surface area contributed by atoms with Crippen LogP contribution in [0.5, 0.6) is 0 Å². The molecule has 0 aromatic rings. The van der Waals surface area contributed by atoms with E-state index in [0.29, 0.717) is 6.42 Å². The highest BCUT2D eigenvalue weighted by atomic mass is 16.2. The Morgan fingerprint density at radius 1 is 1.29 bits per heavy atom. The molecule has 1 amide bonds. The Balaban J connectivity index is 1.55. The third-order valence-electron chi connectivity index (χ3n) is 3.89. The van der Waals surface area contributed by atoms with Gasteiger partial charge in [0.25, 0.3) is 0 Å². The van der Waals surface area contributed by atoms with Crippen molar-refractivity contribution in [3.8, 4) is 0 Å². The second kappa shape index (κ2) is 6.36. The fourth-order valence-electron chi connectivity index (χ4n) is 2.90. The minimum Gasteiger partial charge on any atom is -0.341 e. The van der Waals surface area contributed by atoms with E-state index in [2.05, 4.69) is 5.32 Å². The fourth-order valence-corrected chi connectivity index (χ4v) is 2.90. The van der Waals surface area contributed by atoms with Crippen LogP contribution in [0.2, 0.25) is 0 Å². The summed E-state index contributed by atoms with van der Waals surface area (Å²) in [7, 11) is 0. The van der Waals surface area contributed by atoms with Gasteiger partial charge in [-0.05, 0) is 25.8 Å². The lowest BCUT2D eigenvalue weighted by atomic mass is 9.95. The monoisotopic (exact) mass is 239 g/mol. The summed E-state index contributed by atoms with van der Waals surface area (Å²) in [6.07, 6.45) is 8.39. The maximum Gasteiger partial charge on any atom is 0.224 e. The fraction of sp³-hybridized carbons (Fsp3) is 0.923. The zero-order chi connectivity index (χ0) is 12.1.